The van der Waals surface area contributed by atoms with Gasteiger partial charge in [-0.2, -0.15) is 0 Å². The van der Waals surface area contributed by atoms with Crippen LogP contribution in [0, 0.1) is 10.1 Å². The summed E-state index contributed by atoms with van der Waals surface area (Å²) in [5.41, 5.74) is 1.00. The van der Waals surface area contributed by atoms with Gasteiger partial charge >= 0.3 is 5.88 Å². The molecule has 1 heterocycles. The van der Waals surface area contributed by atoms with Gasteiger partial charge in [-0.3, -0.25) is 14.9 Å². The Morgan fingerprint density at radius 2 is 2.00 bits per heavy atom. The molecule has 0 bridgehead atoms. The molecule has 1 amide bonds. The topological polar surface area (TPSA) is 106 Å². The summed E-state index contributed by atoms with van der Waals surface area (Å²) >= 11 is 0. The SMILES string of the molecule is O=C(NCC(CCO)c1ccccc1)c1ccc([N+](=O)[O-])o1. The standard InChI is InChI=1S/C15H16N2O5/c18-9-8-12(11-4-2-1-3-5-11)10-16-15(19)13-6-7-14(22-13)17(20)21/h1-7,12,18H,8-10H2,(H,16,19). The van der Waals surface area contributed by atoms with Crippen LogP contribution >= 0.6 is 0 Å². The van der Waals surface area contributed by atoms with E-state index in [1.807, 2.05) is 30.3 Å². The Labute approximate surface area is 126 Å². The number of nitrogens with one attached hydrogen (secondary N) is 1. The summed E-state index contributed by atoms with van der Waals surface area (Å²) in [4.78, 5) is 21.8. The van der Waals surface area contributed by atoms with E-state index in [0.29, 0.717) is 13.0 Å². The van der Waals surface area contributed by atoms with E-state index < -0.39 is 16.7 Å². The molecule has 0 aliphatic heterocycles. The van der Waals surface area contributed by atoms with Gasteiger partial charge in [-0.05, 0) is 18.1 Å². The van der Waals surface area contributed by atoms with Crippen LogP contribution in [0.5, 0.6) is 0 Å². The van der Waals surface area contributed by atoms with Crippen molar-refractivity contribution in [2.24, 2.45) is 0 Å². The molecule has 116 valence electrons. The van der Waals surface area contributed by atoms with E-state index in [0.717, 1.165) is 11.6 Å². The van der Waals surface area contributed by atoms with Gasteiger partial charge in [0, 0.05) is 19.1 Å². The Hall–Kier alpha value is -2.67. The Morgan fingerprint density at radius 1 is 1.27 bits per heavy atom. The molecule has 0 saturated heterocycles. The maximum Gasteiger partial charge on any atom is 0.433 e. The Balaban J connectivity index is 1.99. The average molecular weight is 304 g/mol. The van der Waals surface area contributed by atoms with Crippen LogP contribution in [-0.4, -0.2) is 29.1 Å². The second kappa shape index (κ2) is 7.37. The van der Waals surface area contributed by atoms with Crippen LogP contribution in [0.15, 0.2) is 46.9 Å². The van der Waals surface area contributed by atoms with Gasteiger partial charge in [0.05, 0.1) is 6.07 Å². The van der Waals surface area contributed by atoms with Crippen molar-refractivity contribution in [3.05, 3.63) is 63.9 Å². The highest BCUT2D eigenvalue weighted by molar-refractivity contribution is 5.91. The Bertz CT molecular complexity index is 638. The largest absolute Gasteiger partial charge is 0.433 e. The van der Waals surface area contributed by atoms with Gasteiger partial charge in [-0.1, -0.05) is 30.3 Å². The van der Waals surface area contributed by atoms with Crippen molar-refractivity contribution < 1.29 is 19.2 Å². The minimum atomic E-state index is -0.699. The molecule has 1 aromatic heterocycles. The molecule has 22 heavy (non-hydrogen) atoms. The van der Waals surface area contributed by atoms with Crippen LogP contribution in [0.1, 0.15) is 28.5 Å². The molecule has 7 nitrogen and oxygen atoms in total. The van der Waals surface area contributed by atoms with Crippen LogP contribution in [-0.2, 0) is 0 Å². The molecule has 0 aliphatic rings. The van der Waals surface area contributed by atoms with E-state index in [9.17, 15) is 14.9 Å². The fourth-order valence-corrected chi connectivity index (χ4v) is 2.12. The number of nitrogens with zero attached hydrogens (tertiary/aromatic N) is 1. The minimum Gasteiger partial charge on any atom is -0.396 e. The first-order valence-electron chi connectivity index (χ1n) is 6.80. The van der Waals surface area contributed by atoms with Crippen molar-refractivity contribution in [3.63, 3.8) is 0 Å². The van der Waals surface area contributed by atoms with Crippen LogP contribution in [0.3, 0.4) is 0 Å². The predicted molar refractivity (Wildman–Crippen MR) is 78.6 cm³/mol. The molecule has 1 atom stereocenters. The van der Waals surface area contributed by atoms with Gasteiger partial charge in [0.1, 0.15) is 4.92 Å². The van der Waals surface area contributed by atoms with Gasteiger partial charge in [0.25, 0.3) is 5.91 Å². The first-order chi connectivity index (χ1) is 10.6. The molecule has 2 rings (SSSR count). The number of amides is 1. The molecular formula is C15H16N2O5. The second-order valence-corrected chi connectivity index (χ2v) is 4.72. The third-order valence-electron chi connectivity index (χ3n) is 3.25. The number of carbonyl (C=O) groups excluding carboxylic acids is 1. The van der Waals surface area contributed by atoms with Crippen LogP contribution in [0.25, 0.3) is 0 Å². The molecule has 0 spiro atoms. The monoisotopic (exact) mass is 304 g/mol. The maximum absolute atomic E-state index is 11.9. The molecule has 2 aromatic rings. The molecular weight excluding hydrogens is 288 g/mol. The fourth-order valence-electron chi connectivity index (χ4n) is 2.12. The number of benzene rings is 1. The number of furan rings is 1. The van der Waals surface area contributed by atoms with E-state index in [-0.39, 0.29) is 18.3 Å². The van der Waals surface area contributed by atoms with Gasteiger partial charge < -0.3 is 14.8 Å². The number of carbonyl (C=O) groups is 1. The lowest BCUT2D eigenvalue weighted by Crippen LogP contribution is -2.28. The van der Waals surface area contributed by atoms with Gasteiger partial charge in [-0.25, -0.2) is 0 Å². The van der Waals surface area contributed by atoms with Crippen LogP contribution in [0.2, 0.25) is 0 Å². The molecule has 1 aromatic carbocycles. The summed E-state index contributed by atoms with van der Waals surface area (Å²) in [7, 11) is 0. The molecule has 0 radical (unpaired) electrons. The third kappa shape index (κ3) is 3.92. The summed E-state index contributed by atoms with van der Waals surface area (Å²) in [6.07, 6.45) is 0.503. The molecule has 1 unspecified atom stereocenters. The van der Waals surface area contributed by atoms with Crippen molar-refractivity contribution in [3.8, 4) is 0 Å². The normalized spacial score (nSPS) is 11.9. The number of hydrogen-bond acceptors (Lipinski definition) is 5. The first kappa shape index (κ1) is 15.7. The Kier molecular flexibility index (Phi) is 5.26. The highest BCUT2D eigenvalue weighted by Gasteiger charge is 2.18. The maximum atomic E-state index is 11.9. The minimum absolute atomic E-state index is 0.00164. The lowest BCUT2D eigenvalue weighted by atomic mass is 9.96. The van der Waals surface area contributed by atoms with E-state index in [1.54, 1.807) is 0 Å². The highest BCUT2D eigenvalue weighted by Crippen LogP contribution is 2.19. The molecule has 0 aliphatic carbocycles. The molecule has 2 N–H and O–H groups in total. The average Bonchev–Trinajstić information content (AvgIpc) is 3.02. The lowest BCUT2D eigenvalue weighted by molar-refractivity contribution is -0.402. The van der Waals surface area contributed by atoms with Crippen molar-refractivity contribution in [1.82, 2.24) is 5.32 Å². The van der Waals surface area contributed by atoms with Gasteiger partial charge in [0.15, 0.2) is 5.76 Å². The van der Waals surface area contributed by atoms with E-state index in [1.165, 1.54) is 6.07 Å². The van der Waals surface area contributed by atoms with Crippen LogP contribution in [0.4, 0.5) is 5.88 Å². The number of aliphatic hydroxyl groups is 1. The summed E-state index contributed by atoms with van der Waals surface area (Å²) in [6, 6.07) is 11.9. The highest BCUT2D eigenvalue weighted by atomic mass is 16.6. The number of nitro groups is 1. The van der Waals surface area contributed by atoms with Gasteiger partial charge in [0.2, 0.25) is 0 Å². The predicted octanol–water partition coefficient (Wildman–Crippen LogP) is 2.08. The second-order valence-electron chi connectivity index (χ2n) is 4.72. The van der Waals surface area contributed by atoms with E-state index in [4.69, 9.17) is 9.52 Å². The summed E-state index contributed by atoms with van der Waals surface area (Å²) < 4.78 is 4.84. The Morgan fingerprint density at radius 3 is 2.59 bits per heavy atom. The lowest BCUT2D eigenvalue weighted by Gasteiger charge is -2.16. The summed E-state index contributed by atoms with van der Waals surface area (Å²) in [5.74, 6) is -1.14. The fraction of sp³-hybridized carbons (Fsp3) is 0.267. The van der Waals surface area contributed by atoms with Crippen LogP contribution < -0.4 is 5.32 Å². The van der Waals surface area contributed by atoms with E-state index >= 15 is 0 Å². The number of rotatable bonds is 7. The third-order valence-corrected chi connectivity index (χ3v) is 3.25. The van der Waals surface area contributed by atoms with Crippen molar-refractivity contribution in [2.45, 2.75) is 12.3 Å². The smallest absolute Gasteiger partial charge is 0.396 e. The molecule has 0 fully saturated rings. The zero-order chi connectivity index (χ0) is 15.9. The number of hydrogen-bond donors (Lipinski definition) is 2. The van der Waals surface area contributed by atoms with Crippen molar-refractivity contribution >= 4 is 11.8 Å². The first-order valence-corrected chi connectivity index (χ1v) is 6.80. The summed E-state index contributed by atoms with van der Waals surface area (Å²) in [6.45, 7) is 0.305. The van der Waals surface area contributed by atoms with E-state index in [2.05, 4.69) is 5.32 Å². The number of aliphatic hydroxyl groups excluding tert-OH is 1. The molecule has 0 saturated carbocycles. The zero-order valence-electron chi connectivity index (χ0n) is 11.8. The summed E-state index contributed by atoms with van der Waals surface area (Å²) in [5, 5.41) is 22.3. The molecule has 7 heteroatoms. The van der Waals surface area contributed by atoms with Crippen molar-refractivity contribution in [2.75, 3.05) is 13.2 Å². The van der Waals surface area contributed by atoms with Gasteiger partial charge in [-0.15, -0.1) is 0 Å². The quantitative estimate of drug-likeness (QED) is 0.602. The van der Waals surface area contributed by atoms with Crippen molar-refractivity contribution in [1.29, 1.82) is 0 Å². The zero-order valence-corrected chi connectivity index (χ0v) is 11.8.